The van der Waals surface area contributed by atoms with Gasteiger partial charge in [-0.2, -0.15) is 0 Å². The van der Waals surface area contributed by atoms with Gasteiger partial charge in [-0.05, 0) is 29.0 Å². The number of hydrogen-bond acceptors (Lipinski definition) is 4. The molecule has 2 aromatic rings. The van der Waals surface area contributed by atoms with Gasteiger partial charge >= 0.3 is 0 Å². The molecule has 0 aliphatic heterocycles. The van der Waals surface area contributed by atoms with Gasteiger partial charge in [0.25, 0.3) is 0 Å². The van der Waals surface area contributed by atoms with E-state index in [9.17, 15) is 0 Å². The minimum atomic E-state index is 0.519. The molecule has 0 aliphatic rings. The number of rotatable bonds is 3. The summed E-state index contributed by atoms with van der Waals surface area (Å²) in [5, 5.41) is 11.6. The zero-order valence-electron chi connectivity index (χ0n) is 8.89. The van der Waals surface area contributed by atoms with Gasteiger partial charge in [-0.1, -0.05) is 28.1 Å². The maximum absolute atomic E-state index is 5.50. The van der Waals surface area contributed by atoms with Crippen molar-refractivity contribution in [3.05, 3.63) is 28.2 Å². The van der Waals surface area contributed by atoms with Gasteiger partial charge in [0.15, 0.2) is 5.82 Å². The first-order valence-corrected chi connectivity index (χ1v) is 5.74. The number of aromatic nitrogens is 4. The van der Waals surface area contributed by atoms with Crippen LogP contribution in [-0.4, -0.2) is 26.8 Å². The number of nitrogens with two attached hydrogens (primary N) is 1. The Morgan fingerprint density at radius 1 is 1.44 bits per heavy atom. The molecule has 0 fully saturated rings. The molecule has 0 saturated carbocycles. The Hall–Kier alpha value is -1.27. The fraction of sp³-hybridized carbons (Fsp3) is 0.300. The molecule has 2 rings (SSSR count). The summed E-state index contributed by atoms with van der Waals surface area (Å²) in [6.45, 7) is 3.18. The van der Waals surface area contributed by atoms with Crippen LogP contribution in [0.3, 0.4) is 0 Å². The largest absolute Gasteiger partial charge is 0.329 e. The van der Waals surface area contributed by atoms with Crippen molar-refractivity contribution in [3.63, 3.8) is 0 Å². The lowest BCUT2D eigenvalue weighted by atomic mass is 10.1. The van der Waals surface area contributed by atoms with Crippen LogP contribution >= 0.6 is 15.9 Å². The van der Waals surface area contributed by atoms with Crippen LogP contribution in [0.15, 0.2) is 22.7 Å². The van der Waals surface area contributed by atoms with Crippen LogP contribution in [-0.2, 0) is 6.54 Å². The van der Waals surface area contributed by atoms with Gasteiger partial charge < -0.3 is 5.73 Å². The zero-order chi connectivity index (χ0) is 11.5. The Balaban J connectivity index is 2.42. The van der Waals surface area contributed by atoms with E-state index in [1.807, 2.05) is 25.1 Å². The molecule has 84 valence electrons. The molecule has 0 radical (unpaired) electrons. The fourth-order valence-electron chi connectivity index (χ4n) is 1.42. The third-order valence-electron chi connectivity index (χ3n) is 2.30. The van der Waals surface area contributed by atoms with Crippen LogP contribution in [0.2, 0.25) is 0 Å². The lowest BCUT2D eigenvalue weighted by Crippen LogP contribution is -2.12. The first-order valence-electron chi connectivity index (χ1n) is 4.95. The molecule has 0 atom stereocenters. The average molecular weight is 282 g/mol. The van der Waals surface area contributed by atoms with Crippen molar-refractivity contribution >= 4 is 15.9 Å². The molecule has 2 N–H and O–H groups in total. The number of halogens is 1. The van der Waals surface area contributed by atoms with E-state index in [1.54, 1.807) is 4.68 Å². The molecule has 0 saturated heterocycles. The lowest BCUT2D eigenvalue weighted by molar-refractivity contribution is 0.603. The van der Waals surface area contributed by atoms with Gasteiger partial charge in [0.05, 0.1) is 6.54 Å². The Labute approximate surface area is 102 Å². The predicted molar refractivity (Wildman–Crippen MR) is 64.7 cm³/mol. The normalized spacial score (nSPS) is 10.7. The highest BCUT2D eigenvalue weighted by molar-refractivity contribution is 9.10. The highest BCUT2D eigenvalue weighted by atomic mass is 79.9. The van der Waals surface area contributed by atoms with E-state index in [2.05, 4.69) is 31.5 Å². The molecular weight excluding hydrogens is 270 g/mol. The molecular formula is C10H12BrN5. The number of hydrogen-bond donors (Lipinski definition) is 1. The Morgan fingerprint density at radius 3 is 2.94 bits per heavy atom. The highest BCUT2D eigenvalue weighted by Crippen LogP contribution is 2.23. The van der Waals surface area contributed by atoms with E-state index in [0.717, 1.165) is 15.9 Å². The quantitative estimate of drug-likeness (QED) is 0.923. The molecule has 0 aliphatic carbocycles. The maximum atomic E-state index is 5.50. The van der Waals surface area contributed by atoms with Crippen LogP contribution in [0.1, 0.15) is 5.56 Å². The summed E-state index contributed by atoms with van der Waals surface area (Å²) in [6, 6.07) is 6.04. The van der Waals surface area contributed by atoms with Crippen molar-refractivity contribution in [2.24, 2.45) is 5.73 Å². The van der Waals surface area contributed by atoms with Crippen molar-refractivity contribution in [2.45, 2.75) is 13.5 Å². The second kappa shape index (κ2) is 4.71. The molecule has 0 bridgehead atoms. The van der Waals surface area contributed by atoms with Gasteiger partial charge in [-0.15, -0.1) is 5.10 Å². The third kappa shape index (κ3) is 2.12. The SMILES string of the molecule is Cc1ccc(-c2nnnn2CCN)cc1Br. The summed E-state index contributed by atoms with van der Waals surface area (Å²) >= 11 is 3.49. The summed E-state index contributed by atoms with van der Waals surface area (Å²) in [7, 11) is 0. The minimum Gasteiger partial charge on any atom is -0.329 e. The van der Waals surface area contributed by atoms with Gasteiger partial charge in [-0.3, -0.25) is 0 Å². The zero-order valence-corrected chi connectivity index (χ0v) is 10.5. The van der Waals surface area contributed by atoms with Crippen molar-refractivity contribution < 1.29 is 0 Å². The fourth-order valence-corrected chi connectivity index (χ4v) is 1.80. The first-order chi connectivity index (χ1) is 7.72. The van der Waals surface area contributed by atoms with Gasteiger partial charge in [-0.25, -0.2) is 4.68 Å². The van der Waals surface area contributed by atoms with E-state index in [4.69, 9.17) is 5.73 Å². The molecule has 0 amide bonds. The van der Waals surface area contributed by atoms with E-state index >= 15 is 0 Å². The number of benzene rings is 1. The molecule has 6 heteroatoms. The highest BCUT2D eigenvalue weighted by Gasteiger charge is 2.08. The Bertz CT molecular complexity index is 494. The van der Waals surface area contributed by atoms with Crippen molar-refractivity contribution in [3.8, 4) is 11.4 Å². The molecule has 1 heterocycles. The van der Waals surface area contributed by atoms with E-state index in [1.165, 1.54) is 5.56 Å². The predicted octanol–water partition coefficient (Wildman–Crippen LogP) is 1.37. The lowest BCUT2D eigenvalue weighted by Gasteiger charge is -2.04. The standard InChI is InChI=1S/C10H12BrN5/c1-7-2-3-8(6-9(7)11)10-13-14-15-16(10)5-4-12/h2-3,6H,4-5,12H2,1H3. The van der Waals surface area contributed by atoms with Crippen LogP contribution in [0, 0.1) is 6.92 Å². The molecule has 5 nitrogen and oxygen atoms in total. The molecule has 16 heavy (non-hydrogen) atoms. The second-order valence-corrected chi connectivity index (χ2v) is 4.33. The summed E-state index contributed by atoms with van der Waals surface area (Å²) < 4.78 is 2.75. The van der Waals surface area contributed by atoms with Crippen molar-refractivity contribution in [1.82, 2.24) is 20.2 Å². The van der Waals surface area contributed by atoms with Gasteiger partial charge in [0, 0.05) is 16.6 Å². The monoisotopic (exact) mass is 281 g/mol. The number of aryl methyl sites for hydroxylation is 1. The van der Waals surface area contributed by atoms with E-state index in [0.29, 0.717) is 13.1 Å². The topological polar surface area (TPSA) is 69.6 Å². The second-order valence-electron chi connectivity index (χ2n) is 3.48. The molecule has 0 unspecified atom stereocenters. The van der Waals surface area contributed by atoms with Gasteiger partial charge in [0.2, 0.25) is 0 Å². The van der Waals surface area contributed by atoms with E-state index < -0.39 is 0 Å². The molecule has 0 spiro atoms. The molecule has 1 aromatic heterocycles. The smallest absolute Gasteiger partial charge is 0.182 e. The number of tetrazole rings is 1. The Morgan fingerprint density at radius 2 is 2.25 bits per heavy atom. The summed E-state index contributed by atoms with van der Waals surface area (Å²) in [6.07, 6.45) is 0. The van der Waals surface area contributed by atoms with Crippen molar-refractivity contribution in [1.29, 1.82) is 0 Å². The maximum Gasteiger partial charge on any atom is 0.182 e. The number of nitrogens with zero attached hydrogens (tertiary/aromatic N) is 4. The summed E-state index contributed by atoms with van der Waals surface area (Å²) in [4.78, 5) is 0. The average Bonchev–Trinajstić information content (AvgIpc) is 2.71. The van der Waals surface area contributed by atoms with Crippen molar-refractivity contribution in [2.75, 3.05) is 6.54 Å². The minimum absolute atomic E-state index is 0.519. The van der Waals surface area contributed by atoms with Crippen LogP contribution in [0.25, 0.3) is 11.4 Å². The van der Waals surface area contributed by atoms with Crippen LogP contribution in [0.4, 0.5) is 0 Å². The summed E-state index contributed by atoms with van der Waals surface area (Å²) in [5.74, 6) is 0.742. The molecule has 1 aromatic carbocycles. The van der Waals surface area contributed by atoms with Gasteiger partial charge in [0.1, 0.15) is 0 Å². The van der Waals surface area contributed by atoms with Crippen LogP contribution < -0.4 is 5.73 Å². The first kappa shape index (κ1) is 11.2. The summed E-state index contributed by atoms with van der Waals surface area (Å²) in [5.41, 5.74) is 7.66. The third-order valence-corrected chi connectivity index (χ3v) is 3.16. The van der Waals surface area contributed by atoms with E-state index in [-0.39, 0.29) is 0 Å². The Kier molecular flexibility index (Phi) is 3.31. The van der Waals surface area contributed by atoms with Crippen LogP contribution in [0.5, 0.6) is 0 Å².